The lowest BCUT2D eigenvalue weighted by molar-refractivity contribution is 0.101. The highest BCUT2D eigenvalue weighted by Gasteiger charge is 2.55. The summed E-state index contributed by atoms with van der Waals surface area (Å²) in [5.74, 6) is 3.54. The fraction of sp³-hybridized carbons (Fsp3) is 0.556. The number of ketones is 1. The van der Waals surface area contributed by atoms with Gasteiger partial charge in [0.2, 0.25) is 0 Å². The molecule has 4 heterocycles. The second kappa shape index (κ2) is 9.57. The molecule has 3 aliphatic rings. The number of carbonyl (C=O) groups is 1. The van der Waals surface area contributed by atoms with Gasteiger partial charge in [-0.15, -0.1) is 0 Å². The molecule has 2 fully saturated rings. The zero-order valence-corrected chi connectivity index (χ0v) is 21.2. The normalized spacial score (nSPS) is 24.1. The van der Waals surface area contributed by atoms with Crippen LogP contribution >= 0.6 is 0 Å². The third kappa shape index (κ3) is 4.63. The molecule has 8 nitrogen and oxygen atoms in total. The number of Topliss-reactive ketones (excluding diaryl/α,β-unsaturated/α-hetero) is 1. The number of anilines is 1. The van der Waals surface area contributed by atoms with E-state index >= 15 is 0 Å². The van der Waals surface area contributed by atoms with Crippen LogP contribution in [0.3, 0.4) is 0 Å². The summed E-state index contributed by atoms with van der Waals surface area (Å²) in [6.07, 6.45) is 7.24. The van der Waals surface area contributed by atoms with Gasteiger partial charge in [0.15, 0.2) is 5.78 Å². The number of imidazole rings is 1. The van der Waals surface area contributed by atoms with Crippen LogP contribution in [-0.4, -0.2) is 55.3 Å². The molecule has 2 aliphatic carbocycles. The lowest BCUT2D eigenvalue weighted by Crippen LogP contribution is -2.25. The molecule has 0 bridgehead atoms. The molecule has 0 aromatic carbocycles. The van der Waals surface area contributed by atoms with Crippen molar-refractivity contribution in [3.05, 3.63) is 58.6 Å². The Morgan fingerprint density at radius 2 is 2.00 bits per heavy atom. The molecule has 8 heteroatoms. The van der Waals surface area contributed by atoms with Crippen LogP contribution in [0.2, 0.25) is 0 Å². The smallest absolute Gasteiger partial charge is 0.179 e. The van der Waals surface area contributed by atoms with Gasteiger partial charge >= 0.3 is 0 Å². The van der Waals surface area contributed by atoms with E-state index in [1.54, 1.807) is 12.5 Å². The van der Waals surface area contributed by atoms with Gasteiger partial charge in [-0.1, -0.05) is 13.0 Å². The number of fused-ring (bicyclic) bond motifs is 2. The van der Waals surface area contributed by atoms with Crippen molar-refractivity contribution in [3.63, 3.8) is 0 Å². The molecule has 3 aromatic rings. The topological polar surface area (TPSA) is 99.9 Å². The Kier molecular flexibility index (Phi) is 6.49. The van der Waals surface area contributed by atoms with Gasteiger partial charge in [0.1, 0.15) is 11.5 Å². The van der Waals surface area contributed by atoms with E-state index in [2.05, 4.69) is 46.1 Å². The minimum Gasteiger partial charge on any atom is -0.396 e. The third-order valence-corrected chi connectivity index (χ3v) is 8.16. The van der Waals surface area contributed by atoms with Crippen molar-refractivity contribution < 1.29 is 9.90 Å². The number of aromatic amines is 1. The van der Waals surface area contributed by atoms with Gasteiger partial charge in [0, 0.05) is 50.1 Å². The van der Waals surface area contributed by atoms with Crippen LogP contribution in [0.4, 0.5) is 5.82 Å². The summed E-state index contributed by atoms with van der Waals surface area (Å²) in [6.45, 7) is 10.9. The summed E-state index contributed by atoms with van der Waals surface area (Å²) in [6, 6.07) is 4.18. The van der Waals surface area contributed by atoms with E-state index in [1.165, 1.54) is 43.1 Å². The maximum atomic E-state index is 11.3. The van der Waals surface area contributed by atoms with Crippen LogP contribution in [-0.2, 0) is 13.0 Å². The van der Waals surface area contributed by atoms with E-state index in [4.69, 9.17) is 4.98 Å². The lowest BCUT2D eigenvalue weighted by atomic mass is 10.1. The van der Waals surface area contributed by atoms with E-state index in [0.29, 0.717) is 36.6 Å². The highest BCUT2D eigenvalue weighted by molar-refractivity contribution is 5.91. The number of aliphatic hydroxyl groups excluding tert-OH is 1. The average Bonchev–Trinajstić information content (AvgIpc) is 3.40. The Morgan fingerprint density at radius 3 is 2.63 bits per heavy atom. The molecule has 1 saturated heterocycles. The van der Waals surface area contributed by atoms with Crippen LogP contribution in [0.15, 0.2) is 24.7 Å². The summed E-state index contributed by atoms with van der Waals surface area (Å²) in [4.78, 5) is 22.5. The molecule has 0 spiro atoms. The second-order valence-electron chi connectivity index (χ2n) is 10.3. The minimum atomic E-state index is -0.0206. The van der Waals surface area contributed by atoms with Crippen LogP contribution in [0.25, 0.3) is 0 Å². The predicted molar refractivity (Wildman–Crippen MR) is 135 cm³/mol. The van der Waals surface area contributed by atoms with Gasteiger partial charge in [-0.3, -0.25) is 9.89 Å². The molecule has 3 aromatic heterocycles. The number of hydrogen-bond acceptors (Lipinski definition) is 6. The highest BCUT2D eigenvalue weighted by atomic mass is 16.3. The molecular formula is C27H36N6O2. The molecule has 0 radical (unpaired) electrons. The fourth-order valence-electron chi connectivity index (χ4n) is 5.83. The van der Waals surface area contributed by atoms with E-state index in [9.17, 15) is 9.90 Å². The first-order chi connectivity index (χ1) is 16.9. The zero-order chi connectivity index (χ0) is 24.7. The van der Waals surface area contributed by atoms with Crippen molar-refractivity contribution in [3.8, 4) is 0 Å². The molecule has 1 saturated carbocycles. The van der Waals surface area contributed by atoms with E-state index < -0.39 is 0 Å². The first kappa shape index (κ1) is 23.7. The lowest BCUT2D eigenvalue weighted by Gasteiger charge is -2.21. The summed E-state index contributed by atoms with van der Waals surface area (Å²) in [5, 5.41) is 16.6. The maximum absolute atomic E-state index is 11.3. The Bertz CT molecular complexity index is 1200. The van der Waals surface area contributed by atoms with Crippen LogP contribution in [0.1, 0.15) is 71.3 Å². The van der Waals surface area contributed by atoms with Crippen molar-refractivity contribution >= 4 is 11.6 Å². The minimum absolute atomic E-state index is 0.0206. The van der Waals surface area contributed by atoms with Gasteiger partial charge in [0.25, 0.3) is 0 Å². The number of rotatable bonds is 6. The van der Waals surface area contributed by atoms with Crippen molar-refractivity contribution in [2.45, 2.75) is 59.4 Å². The van der Waals surface area contributed by atoms with E-state index in [0.717, 1.165) is 36.1 Å². The number of piperidine rings is 1. The molecule has 1 aliphatic heterocycles. The summed E-state index contributed by atoms with van der Waals surface area (Å²) in [5.41, 5.74) is 6.72. The Labute approximate surface area is 206 Å². The quantitative estimate of drug-likeness (QED) is 0.527. The molecule has 0 amide bonds. The standard InChI is InChI=1S/C18H22N4O2.C9H14N2/c1-11-13(5-21-8-17(12(2)24)19-10-21)3-4-18(20-11)22-6-14-15(7-22)16(14)9-23;1-3-7-4-5-8-6(2)10-11-9(7)8/h3-4,8,10,14-16,23H,5-7,9H2,1-2H3;7H,3-5H2,1-2H3,(H,10,11)/t14-,15+,16?;7-/m.1/s1. The molecule has 4 atom stereocenters. The number of nitrogens with zero attached hydrogens (tertiary/aromatic N) is 5. The van der Waals surface area contributed by atoms with Crippen molar-refractivity contribution in [1.29, 1.82) is 0 Å². The molecule has 186 valence electrons. The SMILES string of the molecule is CC(=O)c1cn(Cc2ccc(N3C[C@@H]4C(CO)[C@@H]4C3)nc2C)cn1.CC[C@@H]1CCc2c1n[nH]c2C. The van der Waals surface area contributed by atoms with Crippen molar-refractivity contribution in [2.24, 2.45) is 17.8 Å². The largest absolute Gasteiger partial charge is 0.396 e. The maximum Gasteiger partial charge on any atom is 0.179 e. The first-order valence-corrected chi connectivity index (χ1v) is 12.8. The fourth-order valence-corrected chi connectivity index (χ4v) is 5.83. The number of aryl methyl sites for hydroxylation is 2. The predicted octanol–water partition coefficient (Wildman–Crippen LogP) is 3.67. The first-order valence-electron chi connectivity index (χ1n) is 12.8. The number of H-pyrrole nitrogens is 1. The molecule has 2 N–H and O–H groups in total. The van der Waals surface area contributed by atoms with Gasteiger partial charge in [0.05, 0.1) is 18.6 Å². The van der Waals surface area contributed by atoms with E-state index in [1.807, 2.05) is 11.5 Å². The third-order valence-electron chi connectivity index (χ3n) is 8.16. The molecular weight excluding hydrogens is 440 g/mol. The average molecular weight is 477 g/mol. The van der Waals surface area contributed by atoms with E-state index in [-0.39, 0.29) is 5.78 Å². The number of pyridine rings is 1. The number of aromatic nitrogens is 5. The molecule has 6 rings (SSSR count). The number of nitrogens with one attached hydrogen (secondary N) is 1. The number of carbonyl (C=O) groups excluding carboxylic acids is 1. The van der Waals surface area contributed by atoms with Gasteiger partial charge in [-0.05, 0) is 68.1 Å². The number of aliphatic hydroxyl groups is 1. The second-order valence-corrected chi connectivity index (χ2v) is 10.3. The van der Waals surface area contributed by atoms with Crippen molar-refractivity contribution in [2.75, 3.05) is 24.6 Å². The summed E-state index contributed by atoms with van der Waals surface area (Å²) in [7, 11) is 0. The van der Waals surface area contributed by atoms with Gasteiger partial charge < -0.3 is 14.6 Å². The Balaban J connectivity index is 0.000000192. The van der Waals surface area contributed by atoms with Crippen molar-refractivity contribution in [1.82, 2.24) is 24.7 Å². The Hall–Kier alpha value is -3.00. The van der Waals surface area contributed by atoms with Gasteiger partial charge in [-0.25, -0.2) is 9.97 Å². The van der Waals surface area contributed by atoms with Crippen LogP contribution < -0.4 is 4.90 Å². The van der Waals surface area contributed by atoms with Crippen LogP contribution in [0, 0.1) is 31.6 Å². The highest BCUT2D eigenvalue weighted by Crippen LogP contribution is 2.51. The van der Waals surface area contributed by atoms with Gasteiger partial charge in [-0.2, -0.15) is 5.10 Å². The monoisotopic (exact) mass is 476 g/mol. The zero-order valence-electron chi connectivity index (χ0n) is 21.2. The summed E-state index contributed by atoms with van der Waals surface area (Å²) >= 11 is 0. The molecule has 35 heavy (non-hydrogen) atoms. The Morgan fingerprint density at radius 1 is 1.23 bits per heavy atom. The van der Waals surface area contributed by atoms with Crippen LogP contribution in [0.5, 0.6) is 0 Å². The summed E-state index contributed by atoms with van der Waals surface area (Å²) < 4.78 is 1.91. The molecule has 1 unspecified atom stereocenters. The number of hydrogen-bond donors (Lipinski definition) is 2.